The SMILES string of the molecule is CCc1nn(C)c(CS(=O)C(C)(C)C(=O)O)c1Br. The number of aryl methyl sites for hydroxylation is 2. The topological polar surface area (TPSA) is 72.2 Å². The minimum Gasteiger partial charge on any atom is -0.480 e. The number of hydrogen-bond acceptors (Lipinski definition) is 3. The lowest BCUT2D eigenvalue weighted by atomic mass is 10.2. The first kappa shape index (κ1) is 15.4. The molecule has 0 aromatic carbocycles. The predicted octanol–water partition coefficient (Wildman–Crippen LogP) is 1.86. The first-order chi connectivity index (χ1) is 8.21. The number of carbonyl (C=O) groups is 1. The van der Waals surface area contributed by atoms with Crippen LogP contribution in [0.15, 0.2) is 4.47 Å². The van der Waals surface area contributed by atoms with E-state index in [0.29, 0.717) is 0 Å². The summed E-state index contributed by atoms with van der Waals surface area (Å²) in [5.74, 6) is -0.890. The highest BCUT2D eigenvalue weighted by molar-refractivity contribution is 9.10. The van der Waals surface area contributed by atoms with Crippen LogP contribution in [0.4, 0.5) is 0 Å². The maximum Gasteiger partial charge on any atom is 0.321 e. The van der Waals surface area contributed by atoms with Crippen molar-refractivity contribution >= 4 is 32.7 Å². The largest absolute Gasteiger partial charge is 0.480 e. The number of aliphatic carboxylic acids is 1. The molecule has 102 valence electrons. The van der Waals surface area contributed by atoms with Gasteiger partial charge in [0.1, 0.15) is 4.75 Å². The van der Waals surface area contributed by atoms with Crippen LogP contribution in [0.2, 0.25) is 0 Å². The van der Waals surface area contributed by atoms with Crippen molar-refractivity contribution in [2.75, 3.05) is 0 Å². The summed E-state index contributed by atoms with van der Waals surface area (Å²) in [6.07, 6.45) is 0.767. The summed E-state index contributed by atoms with van der Waals surface area (Å²) in [7, 11) is 0.257. The third kappa shape index (κ3) is 2.83. The van der Waals surface area contributed by atoms with Gasteiger partial charge in [0.25, 0.3) is 0 Å². The minimum absolute atomic E-state index is 0.170. The number of aromatic nitrogens is 2. The molecule has 0 aliphatic heterocycles. The zero-order chi connectivity index (χ0) is 14.1. The number of carboxylic acid groups (broad SMARTS) is 1. The molecule has 0 aliphatic rings. The number of carboxylic acids is 1. The van der Waals surface area contributed by atoms with Crippen LogP contribution < -0.4 is 0 Å². The summed E-state index contributed by atoms with van der Waals surface area (Å²) in [5.41, 5.74) is 1.65. The first-order valence-corrected chi connectivity index (χ1v) is 7.65. The van der Waals surface area contributed by atoms with E-state index in [1.54, 1.807) is 11.7 Å². The molecule has 0 spiro atoms. The van der Waals surface area contributed by atoms with Gasteiger partial charge in [-0.25, -0.2) is 0 Å². The highest BCUT2D eigenvalue weighted by Gasteiger charge is 2.35. The number of halogens is 1. The standard InChI is InChI=1S/C11H17BrN2O3S/c1-5-7-9(12)8(14(4)13-7)6-18(17)11(2,3)10(15)16/h5-6H2,1-4H3,(H,15,16). The average Bonchev–Trinajstić information content (AvgIpc) is 2.55. The molecule has 0 aliphatic carbocycles. The molecule has 1 aromatic heterocycles. The van der Waals surface area contributed by atoms with Gasteiger partial charge < -0.3 is 5.11 Å². The first-order valence-electron chi connectivity index (χ1n) is 5.53. The van der Waals surface area contributed by atoms with Crippen LogP contribution in [0.5, 0.6) is 0 Å². The van der Waals surface area contributed by atoms with E-state index in [-0.39, 0.29) is 5.75 Å². The van der Waals surface area contributed by atoms with E-state index in [1.807, 2.05) is 6.92 Å². The lowest BCUT2D eigenvalue weighted by Crippen LogP contribution is -2.37. The molecule has 1 atom stereocenters. The maximum absolute atomic E-state index is 12.1. The maximum atomic E-state index is 12.1. The Morgan fingerprint density at radius 1 is 1.56 bits per heavy atom. The molecule has 18 heavy (non-hydrogen) atoms. The number of hydrogen-bond donors (Lipinski definition) is 1. The molecular formula is C11H17BrN2O3S. The van der Waals surface area contributed by atoms with Crippen LogP contribution in [-0.2, 0) is 34.8 Å². The highest BCUT2D eigenvalue weighted by atomic mass is 79.9. The Morgan fingerprint density at radius 2 is 2.11 bits per heavy atom. The molecule has 1 heterocycles. The fourth-order valence-corrected chi connectivity index (χ4v) is 3.46. The fraction of sp³-hybridized carbons (Fsp3) is 0.636. The molecule has 0 bridgehead atoms. The van der Waals surface area contributed by atoms with Gasteiger partial charge in [0.05, 0.1) is 21.6 Å². The summed E-state index contributed by atoms with van der Waals surface area (Å²) in [6.45, 7) is 4.92. The Labute approximate surface area is 117 Å². The van der Waals surface area contributed by atoms with Gasteiger partial charge in [-0.2, -0.15) is 5.10 Å². The molecule has 0 saturated heterocycles. The van der Waals surface area contributed by atoms with Crippen molar-refractivity contribution in [1.29, 1.82) is 0 Å². The van der Waals surface area contributed by atoms with Crippen LogP contribution in [-0.4, -0.2) is 29.8 Å². The van der Waals surface area contributed by atoms with Gasteiger partial charge in [-0.05, 0) is 36.2 Å². The molecule has 0 radical (unpaired) electrons. The smallest absolute Gasteiger partial charge is 0.321 e. The molecule has 0 amide bonds. The third-order valence-corrected chi connectivity index (χ3v) is 5.62. The van der Waals surface area contributed by atoms with E-state index in [4.69, 9.17) is 5.11 Å². The highest BCUT2D eigenvalue weighted by Crippen LogP contribution is 2.25. The van der Waals surface area contributed by atoms with Crippen molar-refractivity contribution in [2.24, 2.45) is 7.05 Å². The number of nitrogens with zero attached hydrogens (tertiary/aromatic N) is 2. The second-order valence-electron chi connectivity index (χ2n) is 4.49. The van der Waals surface area contributed by atoms with Crippen molar-refractivity contribution in [2.45, 2.75) is 37.7 Å². The van der Waals surface area contributed by atoms with Crippen molar-refractivity contribution in [3.05, 3.63) is 15.9 Å². The van der Waals surface area contributed by atoms with Crippen LogP contribution in [0.1, 0.15) is 32.2 Å². The molecule has 1 aromatic rings. The van der Waals surface area contributed by atoms with Crippen molar-refractivity contribution in [3.8, 4) is 0 Å². The molecule has 1 N–H and O–H groups in total. The van der Waals surface area contributed by atoms with E-state index in [9.17, 15) is 9.00 Å². The Morgan fingerprint density at radius 3 is 2.50 bits per heavy atom. The Hall–Kier alpha value is -0.690. The van der Waals surface area contributed by atoms with Gasteiger partial charge in [-0.1, -0.05) is 6.92 Å². The summed E-state index contributed by atoms with van der Waals surface area (Å²) in [5, 5.41) is 13.3. The van der Waals surface area contributed by atoms with Crippen molar-refractivity contribution in [1.82, 2.24) is 9.78 Å². The molecule has 1 rings (SSSR count). The Balaban J connectivity index is 3.03. The molecule has 7 heteroatoms. The van der Waals surface area contributed by atoms with E-state index in [1.165, 1.54) is 13.8 Å². The average molecular weight is 337 g/mol. The molecule has 0 saturated carbocycles. The van der Waals surface area contributed by atoms with Gasteiger partial charge >= 0.3 is 5.97 Å². The van der Waals surface area contributed by atoms with E-state index < -0.39 is 21.5 Å². The van der Waals surface area contributed by atoms with Gasteiger partial charge in [0.2, 0.25) is 0 Å². The summed E-state index contributed by atoms with van der Waals surface area (Å²) >= 11 is 3.43. The fourth-order valence-electron chi connectivity index (χ4n) is 1.38. The lowest BCUT2D eigenvalue weighted by Gasteiger charge is -2.18. The molecule has 5 nitrogen and oxygen atoms in total. The van der Waals surface area contributed by atoms with Gasteiger partial charge in [0.15, 0.2) is 0 Å². The van der Waals surface area contributed by atoms with Crippen LogP contribution in [0.3, 0.4) is 0 Å². The van der Waals surface area contributed by atoms with Crippen LogP contribution in [0, 0.1) is 0 Å². The van der Waals surface area contributed by atoms with Crippen LogP contribution in [0.25, 0.3) is 0 Å². The second kappa shape index (κ2) is 5.52. The summed E-state index contributed by atoms with van der Waals surface area (Å²) < 4.78 is 13.4. The number of rotatable bonds is 5. The van der Waals surface area contributed by atoms with E-state index >= 15 is 0 Å². The monoisotopic (exact) mass is 336 g/mol. The van der Waals surface area contributed by atoms with Crippen molar-refractivity contribution in [3.63, 3.8) is 0 Å². The van der Waals surface area contributed by atoms with Gasteiger partial charge in [-0.3, -0.25) is 13.7 Å². The molecular weight excluding hydrogens is 320 g/mol. The zero-order valence-corrected chi connectivity index (χ0v) is 13.3. The predicted molar refractivity (Wildman–Crippen MR) is 73.8 cm³/mol. The minimum atomic E-state index is -1.51. The second-order valence-corrected chi connectivity index (χ2v) is 7.28. The quantitative estimate of drug-likeness (QED) is 0.890. The van der Waals surface area contributed by atoms with E-state index in [2.05, 4.69) is 21.0 Å². The molecule has 1 unspecified atom stereocenters. The zero-order valence-electron chi connectivity index (χ0n) is 10.9. The van der Waals surface area contributed by atoms with Crippen molar-refractivity contribution < 1.29 is 14.1 Å². The van der Waals surface area contributed by atoms with Gasteiger partial charge in [0, 0.05) is 17.8 Å². The van der Waals surface area contributed by atoms with Crippen LogP contribution >= 0.6 is 15.9 Å². The van der Waals surface area contributed by atoms with E-state index in [0.717, 1.165) is 22.3 Å². The summed E-state index contributed by atoms with van der Waals surface area (Å²) in [4.78, 5) is 11.1. The lowest BCUT2D eigenvalue weighted by molar-refractivity contribution is -0.139. The Bertz CT molecular complexity index is 497. The third-order valence-electron chi connectivity index (χ3n) is 2.85. The Kier molecular flexibility index (Phi) is 4.72. The molecule has 0 fully saturated rings. The summed E-state index contributed by atoms with van der Waals surface area (Å²) in [6, 6.07) is 0. The normalized spacial score (nSPS) is 13.6. The van der Waals surface area contributed by atoms with Gasteiger partial charge in [-0.15, -0.1) is 0 Å².